The highest BCUT2D eigenvalue weighted by atomic mass is 35.5. The van der Waals surface area contributed by atoms with Gasteiger partial charge in [-0.25, -0.2) is 17.6 Å². The van der Waals surface area contributed by atoms with Gasteiger partial charge in [0.15, 0.2) is 0 Å². The lowest BCUT2D eigenvalue weighted by Crippen LogP contribution is -2.11. The van der Waals surface area contributed by atoms with Gasteiger partial charge in [-0.2, -0.15) is 0 Å². The predicted octanol–water partition coefficient (Wildman–Crippen LogP) is 3.97. The first-order valence-electron chi connectivity index (χ1n) is 7.33. The number of halogens is 2. The Morgan fingerprint density at radius 2 is 1.88 bits per heavy atom. The van der Waals surface area contributed by atoms with E-state index in [0.29, 0.717) is 10.5 Å². The van der Waals surface area contributed by atoms with Crippen molar-refractivity contribution in [3.05, 3.63) is 59.0 Å². The van der Waals surface area contributed by atoms with E-state index < -0.39 is 21.6 Å². The molecule has 130 valence electrons. The Hall–Kier alpha value is -2.38. The average molecular weight is 382 g/mol. The van der Waals surface area contributed by atoms with Crippen molar-refractivity contribution in [3.8, 4) is 0 Å². The Morgan fingerprint density at radius 3 is 2.52 bits per heavy atom. The number of fused-ring (bicyclic) bond motifs is 1. The molecule has 0 saturated heterocycles. The van der Waals surface area contributed by atoms with Crippen LogP contribution in [0.5, 0.6) is 0 Å². The second-order valence-corrected chi connectivity index (χ2v) is 7.52. The van der Waals surface area contributed by atoms with E-state index in [-0.39, 0.29) is 27.5 Å². The van der Waals surface area contributed by atoms with Gasteiger partial charge in [0.1, 0.15) is 16.4 Å². The van der Waals surface area contributed by atoms with Crippen molar-refractivity contribution in [2.24, 2.45) is 0 Å². The van der Waals surface area contributed by atoms with Crippen molar-refractivity contribution in [2.45, 2.75) is 16.7 Å². The summed E-state index contributed by atoms with van der Waals surface area (Å²) >= 11 is 5.80. The summed E-state index contributed by atoms with van der Waals surface area (Å²) in [6, 6.07) is 9.11. The molecule has 2 aromatic carbocycles. The van der Waals surface area contributed by atoms with Crippen LogP contribution < -0.4 is 0 Å². The summed E-state index contributed by atoms with van der Waals surface area (Å²) < 4.78 is 44.7. The SMILES string of the molecule is CCOC(=O)c1[nH]c2ccc(F)cc2c1S(=O)(=O)c1ccc(Cl)cc1. The molecule has 0 radical (unpaired) electrons. The van der Waals surface area contributed by atoms with Crippen molar-refractivity contribution in [3.63, 3.8) is 0 Å². The first-order chi connectivity index (χ1) is 11.8. The summed E-state index contributed by atoms with van der Waals surface area (Å²) in [7, 11) is -4.11. The number of nitrogens with one attached hydrogen (secondary N) is 1. The second-order valence-electron chi connectivity index (χ2n) is 5.20. The van der Waals surface area contributed by atoms with E-state index in [1.165, 1.54) is 36.4 Å². The molecule has 1 aromatic heterocycles. The molecule has 0 aliphatic carbocycles. The average Bonchev–Trinajstić information content (AvgIpc) is 2.95. The van der Waals surface area contributed by atoms with Crippen LogP contribution in [0.3, 0.4) is 0 Å². The van der Waals surface area contributed by atoms with Gasteiger partial charge in [0.2, 0.25) is 9.84 Å². The highest BCUT2D eigenvalue weighted by Gasteiger charge is 2.30. The first kappa shape index (κ1) is 17.4. The molecular weight excluding hydrogens is 369 g/mol. The molecular formula is C17H13ClFNO4S. The number of ether oxygens (including phenoxy) is 1. The van der Waals surface area contributed by atoms with E-state index in [2.05, 4.69) is 4.98 Å². The van der Waals surface area contributed by atoms with Crippen molar-refractivity contribution >= 4 is 38.3 Å². The van der Waals surface area contributed by atoms with E-state index in [0.717, 1.165) is 6.07 Å². The molecule has 1 N–H and O–H groups in total. The summed E-state index contributed by atoms with van der Waals surface area (Å²) in [5, 5.41) is 0.451. The van der Waals surface area contributed by atoms with E-state index in [1.807, 2.05) is 0 Å². The Labute approximate surface area is 148 Å². The molecule has 0 spiro atoms. The largest absolute Gasteiger partial charge is 0.461 e. The van der Waals surface area contributed by atoms with Gasteiger partial charge in [-0.15, -0.1) is 0 Å². The van der Waals surface area contributed by atoms with Crippen LogP contribution >= 0.6 is 11.6 Å². The lowest BCUT2D eigenvalue weighted by Gasteiger charge is -2.07. The van der Waals surface area contributed by atoms with E-state index in [4.69, 9.17) is 16.3 Å². The molecule has 0 amide bonds. The van der Waals surface area contributed by atoms with Crippen molar-refractivity contribution < 1.29 is 22.3 Å². The molecule has 5 nitrogen and oxygen atoms in total. The standard InChI is InChI=1S/C17H13ClFNO4S/c1-2-24-17(21)15-16(13-9-11(19)5-8-14(13)20-15)25(22,23)12-6-3-10(18)4-7-12/h3-9,20H,2H2,1H3. The summed E-state index contributed by atoms with van der Waals surface area (Å²) in [4.78, 5) is 14.6. The smallest absolute Gasteiger partial charge is 0.356 e. The van der Waals surface area contributed by atoms with Crippen LogP contribution in [0.25, 0.3) is 10.9 Å². The van der Waals surface area contributed by atoms with Crippen molar-refractivity contribution in [1.29, 1.82) is 0 Å². The zero-order valence-corrected chi connectivity index (χ0v) is 14.6. The monoisotopic (exact) mass is 381 g/mol. The molecule has 3 rings (SSSR count). The van der Waals surface area contributed by atoms with Crippen LogP contribution in [0.1, 0.15) is 17.4 Å². The normalized spacial score (nSPS) is 11.6. The Bertz CT molecular complexity index is 1060. The van der Waals surface area contributed by atoms with Crippen LogP contribution in [0.4, 0.5) is 4.39 Å². The quantitative estimate of drug-likeness (QED) is 0.694. The van der Waals surface area contributed by atoms with E-state index in [9.17, 15) is 17.6 Å². The van der Waals surface area contributed by atoms with Gasteiger partial charge in [0, 0.05) is 15.9 Å². The van der Waals surface area contributed by atoms with Gasteiger partial charge in [-0.3, -0.25) is 0 Å². The highest BCUT2D eigenvalue weighted by molar-refractivity contribution is 7.91. The molecule has 8 heteroatoms. The summed E-state index contributed by atoms with van der Waals surface area (Å²) in [5.41, 5.74) is 0.0781. The zero-order chi connectivity index (χ0) is 18.2. The molecule has 1 heterocycles. The van der Waals surface area contributed by atoms with Gasteiger partial charge in [0.25, 0.3) is 0 Å². The van der Waals surface area contributed by atoms with Gasteiger partial charge in [-0.1, -0.05) is 11.6 Å². The van der Waals surface area contributed by atoms with Gasteiger partial charge in [0.05, 0.1) is 11.5 Å². The summed E-state index contributed by atoms with van der Waals surface area (Å²) in [6.07, 6.45) is 0. The van der Waals surface area contributed by atoms with Crippen LogP contribution in [-0.2, 0) is 14.6 Å². The molecule has 3 aromatic rings. The maximum absolute atomic E-state index is 13.7. The summed E-state index contributed by atoms with van der Waals surface area (Å²) in [6.45, 7) is 1.68. The number of rotatable bonds is 4. The number of hydrogen-bond acceptors (Lipinski definition) is 4. The molecule has 0 bridgehead atoms. The number of carbonyl (C=O) groups excluding carboxylic acids is 1. The minimum absolute atomic E-state index is 0.0624. The molecule has 0 atom stereocenters. The number of esters is 1. The fraction of sp³-hybridized carbons (Fsp3) is 0.118. The zero-order valence-electron chi connectivity index (χ0n) is 13.0. The minimum atomic E-state index is -4.11. The maximum Gasteiger partial charge on any atom is 0.356 e. The second kappa shape index (κ2) is 6.50. The molecule has 0 aliphatic heterocycles. The lowest BCUT2D eigenvalue weighted by molar-refractivity contribution is 0.0516. The van der Waals surface area contributed by atoms with Crippen molar-refractivity contribution in [1.82, 2.24) is 4.98 Å². The minimum Gasteiger partial charge on any atom is -0.461 e. The third-order valence-electron chi connectivity index (χ3n) is 3.59. The molecule has 0 fully saturated rings. The third kappa shape index (κ3) is 3.12. The third-order valence-corrected chi connectivity index (χ3v) is 5.69. The maximum atomic E-state index is 13.7. The van der Waals surface area contributed by atoms with Crippen LogP contribution in [0.15, 0.2) is 52.3 Å². The number of aromatic amines is 1. The molecule has 25 heavy (non-hydrogen) atoms. The van der Waals surface area contributed by atoms with Gasteiger partial charge in [-0.05, 0) is 49.4 Å². The summed E-state index contributed by atoms with van der Waals surface area (Å²) in [5.74, 6) is -1.44. The van der Waals surface area contributed by atoms with Gasteiger partial charge < -0.3 is 9.72 Å². The van der Waals surface area contributed by atoms with Gasteiger partial charge >= 0.3 is 5.97 Å². The number of benzene rings is 2. The van der Waals surface area contributed by atoms with Crippen LogP contribution in [-0.4, -0.2) is 26.0 Å². The predicted molar refractivity (Wildman–Crippen MR) is 91.1 cm³/mol. The number of carbonyl (C=O) groups is 1. The molecule has 0 unspecified atom stereocenters. The Morgan fingerprint density at radius 1 is 1.20 bits per heavy atom. The number of sulfone groups is 1. The van der Waals surface area contributed by atoms with Crippen LogP contribution in [0.2, 0.25) is 5.02 Å². The Kier molecular flexibility index (Phi) is 4.53. The number of hydrogen-bond donors (Lipinski definition) is 1. The van der Waals surface area contributed by atoms with Crippen LogP contribution in [0, 0.1) is 5.82 Å². The fourth-order valence-corrected chi connectivity index (χ4v) is 4.21. The topological polar surface area (TPSA) is 76.2 Å². The highest BCUT2D eigenvalue weighted by Crippen LogP contribution is 2.33. The van der Waals surface area contributed by atoms with E-state index in [1.54, 1.807) is 6.92 Å². The molecule has 0 saturated carbocycles. The van der Waals surface area contributed by atoms with E-state index >= 15 is 0 Å². The lowest BCUT2D eigenvalue weighted by atomic mass is 10.2. The van der Waals surface area contributed by atoms with Crippen molar-refractivity contribution in [2.75, 3.05) is 6.61 Å². The number of aromatic nitrogens is 1. The number of H-pyrrole nitrogens is 1. The Balaban J connectivity index is 2.32. The fourth-order valence-electron chi connectivity index (χ4n) is 2.50. The molecule has 0 aliphatic rings. The first-order valence-corrected chi connectivity index (χ1v) is 9.19.